The Morgan fingerprint density at radius 2 is 2.33 bits per heavy atom. The van der Waals surface area contributed by atoms with Crippen LogP contribution in [0.2, 0.25) is 0 Å². The number of piperidine rings is 1. The first-order valence-corrected chi connectivity index (χ1v) is 6.95. The number of ether oxygens (including phenoxy) is 1. The van der Waals surface area contributed by atoms with E-state index in [0.717, 1.165) is 32.0 Å². The Labute approximate surface area is 110 Å². The van der Waals surface area contributed by atoms with E-state index < -0.39 is 0 Å². The molecular formula is C15H24N2O. The highest BCUT2D eigenvalue weighted by molar-refractivity contribution is 5.28. The molecule has 2 atom stereocenters. The molecule has 0 aromatic heterocycles. The Bertz CT molecular complexity index is 367. The lowest BCUT2D eigenvalue weighted by Gasteiger charge is -2.30. The number of nitrogens with one attached hydrogen (secondary N) is 2. The quantitative estimate of drug-likeness (QED) is 0.838. The lowest BCUT2D eigenvalue weighted by molar-refractivity contribution is 0.295. The van der Waals surface area contributed by atoms with E-state index in [2.05, 4.69) is 35.8 Å². The maximum absolute atomic E-state index is 5.52. The van der Waals surface area contributed by atoms with E-state index in [1.165, 1.54) is 12.0 Å². The van der Waals surface area contributed by atoms with Crippen molar-refractivity contribution in [2.75, 3.05) is 19.7 Å². The number of benzene rings is 1. The van der Waals surface area contributed by atoms with E-state index in [-0.39, 0.29) is 0 Å². The third-order valence-corrected chi connectivity index (χ3v) is 3.56. The number of hydrogen-bond donors (Lipinski definition) is 2. The standard InChI is InChI=1S/C15H24N2O/c1-3-18-14-6-4-5-13(9-14)11-17-15-7-8-16-10-12(15)2/h4-6,9,12,15-17H,3,7-8,10-11H2,1-2H3. The zero-order valence-corrected chi connectivity index (χ0v) is 11.4. The van der Waals surface area contributed by atoms with Gasteiger partial charge in [0.15, 0.2) is 0 Å². The summed E-state index contributed by atoms with van der Waals surface area (Å²) in [6.45, 7) is 8.22. The van der Waals surface area contributed by atoms with Gasteiger partial charge in [-0.25, -0.2) is 0 Å². The van der Waals surface area contributed by atoms with E-state index in [1.54, 1.807) is 0 Å². The molecule has 0 aliphatic carbocycles. The third-order valence-electron chi connectivity index (χ3n) is 3.56. The molecule has 0 radical (unpaired) electrons. The topological polar surface area (TPSA) is 33.3 Å². The highest BCUT2D eigenvalue weighted by atomic mass is 16.5. The Kier molecular flexibility index (Phi) is 5.02. The van der Waals surface area contributed by atoms with Crippen molar-refractivity contribution in [2.24, 2.45) is 5.92 Å². The summed E-state index contributed by atoms with van der Waals surface area (Å²) in [5.41, 5.74) is 1.30. The van der Waals surface area contributed by atoms with Gasteiger partial charge in [0.2, 0.25) is 0 Å². The molecule has 0 spiro atoms. The molecule has 1 aliphatic rings. The zero-order chi connectivity index (χ0) is 12.8. The fourth-order valence-corrected chi connectivity index (χ4v) is 2.48. The number of rotatable bonds is 5. The molecule has 2 rings (SSSR count). The molecule has 100 valence electrons. The molecule has 1 fully saturated rings. The first kappa shape index (κ1) is 13.4. The smallest absolute Gasteiger partial charge is 0.119 e. The van der Waals surface area contributed by atoms with Gasteiger partial charge >= 0.3 is 0 Å². The van der Waals surface area contributed by atoms with Crippen molar-refractivity contribution in [1.29, 1.82) is 0 Å². The van der Waals surface area contributed by atoms with Crippen LogP contribution in [0.5, 0.6) is 5.75 Å². The molecule has 3 nitrogen and oxygen atoms in total. The first-order valence-electron chi connectivity index (χ1n) is 6.95. The van der Waals surface area contributed by atoms with Gasteiger partial charge in [0.1, 0.15) is 5.75 Å². The molecule has 2 N–H and O–H groups in total. The van der Waals surface area contributed by atoms with Crippen molar-refractivity contribution in [3.8, 4) is 5.75 Å². The van der Waals surface area contributed by atoms with Crippen molar-refractivity contribution in [3.63, 3.8) is 0 Å². The molecule has 0 saturated carbocycles. The summed E-state index contributed by atoms with van der Waals surface area (Å²) >= 11 is 0. The molecule has 3 heteroatoms. The molecule has 1 saturated heterocycles. The van der Waals surface area contributed by atoms with Crippen molar-refractivity contribution in [1.82, 2.24) is 10.6 Å². The fraction of sp³-hybridized carbons (Fsp3) is 0.600. The van der Waals surface area contributed by atoms with Crippen LogP contribution < -0.4 is 15.4 Å². The second kappa shape index (κ2) is 6.76. The van der Waals surface area contributed by atoms with Crippen molar-refractivity contribution in [2.45, 2.75) is 32.9 Å². The van der Waals surface area contributed by atoms with Gasteiger partial charge in [-0.3, -0.25) is 0 Å². The van der Waals surface area contributed by atoms with Gasteiger partial charge in [-0.05, 0) is 50.0 Å². The monoisotopic (exact) mass is 248 g/mol. The molecule has 2 unspecified atom stereocenters. The summed E-state index contributed by atoms with van der Waals surface area (Å²) < 4.78 is 5.52. The lowest BCUT2D eigenvalue weighted by atomic mass is 9.95. The maximum atomic E-state index is 5.52. The Morgan fingerprint density at radius 3 is 3.11 bits per heavy atom. The highest BCUT2D eigenvalue weighted by Crippen LogP contribution is 2.15. The molecule has 1 aromatic carbocycles. The summed E-state index contributed by atoms with van der Waals surface area (Å²) in [6.07, 6.45) is 1.21. The van der Waals surface area contributed by atoms with Crippen molar-refractivity contribution >= 4 is 0 Å². The average molecular weight is 248 g/mol. The van der Waals surface area contributed by atoms with Crippen LogP contribution in [0, 0.1) is 5.92 Å². The van der Waals surface area contributed by atoms with Crippen LogP contribution in [0.1, 0.15) is 25.8 Å². The number of hydrogen-bond acceptors (Lipinski definition) is 3. The minimum absolute atomic E-state index is 0.627. The van der Waals surface area contributed by atoms with E-state index >= 15 is 0 Å². The van der Waals surface area contributed by atoms with Crippen molar-refractivity contribution in [3.05, 3.63) is 29.8 Å². The van der Waals surface area contributed by atoms with Gasteiger partial charge in [0, 0.05) is 12.6 Å². The summed E-state index contributed by atoms with van der Waals surface area (Å²) in [6, 6.07) is 8.99. The minimum Gasteiger partial charge on any atom is -0.494 e. The van der Waals surface area contributed by atoms with E-state index in [0.29, 0.717) is 12.0 Å². The minimum atomic E-state index is 0.627. The van der Waals surface area contributed by atoms with Crippen LogP contribution >= 0.6 is 0 Å². The summed E-state index contributed by atoms with van der Waals surface area (Å²) in [5, 5.41) is 7.09. The van der Waals surface area contributed by atoms with E-state index in [9.17, 15) is 0 Å². The summed E-state index contributed by atoms with van der Waals surface area (Å²) in [4.78, 5) is 0. The fourth-order valence-electron chi connectivity index (χ4n) is 2.48. The van der Waals surface area contributed by atoms with E-state index in [4.69, 9.17) is 4.74 Å². The van der Waals surface area contributed by atoms with Gasteiger partial charge in [-0.2, -0.15) is 0 Å². The molecule has 0 bridgehead atoms. The lowest BCUT2D eigenvalue weighted by Crippen LogP contribution is -2.45. The molecule has 0 amide bonds. The Hall–Kier alpha value is -1.06. The van der Waals surface area contributed by atoms with E-state index in [1.807, 2.05) is 13.0 Å². The maximum Gasteiger partial charge on any atom is 0.119 e. The van der Waals surface area contributed by atoms with Crippen LogP contribution in [0.25, 0.3) is 0 Å². The highest BCUT2D eigenvalue weighted by Gasteiger charge is 2.19. The summed E-state index contributed by atoms with van der Waals surface area (Å²) in [5.74, 6) is 1.67. The predicted molar refractivity (Wildman–Crippen MR) is 74.9 cm³/mol. The average Bonchev–Trinajstić information content (AvgIpc) is 2.39. The van der Waals surface area contributed by atoms with Crippen LogP contribution in [-0.2, 0) is 6.54 Å². The predicted octanol–water partition coefficient (Wildman–Crippen LogP) is 2.17. The Morgan fingerprint density at radius 1 is 1.44 bits per heavy atom. The summed E-state index contributed by atoms with van der Waals surface area (Å²) in [7, 11) is 0. The van der Waals surface area contributed by atoms with Gasteiger partial charge in [0.05, 0.1) is 6.61 Å². The van der Waals surface area contributed by atoms with Crippen LogP contribution in [0.15, 0.2) is 24.3 Å². The van der Waals surface area contributed by atoms with Crippen LogP contribution in [-0.4, -0.2) is 25.7 Å². The van der Waals surface area contributed by atoms with Gasteiger partial charge < -0.3 is 15.4 Å². The molecule has 1 aromatic rings. The molecule has 1 aliphatic heterocycles. The van der Waals surface area contributed by atoms with Crippen LogP contribution in [0.4, 0.5) is 0 Å². The zero-order valence-electron chi connectivity index (χ0n) is 11.4. The SMILES string of the molecule is CCOc1cccc(CNC2CCNCC2C)c1. The second-order valence-corrected chi connectivity index (χ2v) is 5.04. The molecule has 1 heterocycles. The Balaban J connectivity index is 1.87. The van der Waals surface area contributed by atoms with Crippen molar-refractivity contribution < 1.29 is 4.74 Å². The van der Waals surface area contributed by atoms with Gasteiger partial charge in [-0.1, -0.05) is 19.1 Å². The van der Waals surface area contributed by atoms with Gasteiger partial charge in [0.25, 0.3) is 0 Å². The first-order chi connectivity index (χ1) is 8.79. The molecule has 18 heavy (non-hydrogen) atoms. The largest absolute Gasteiger partial charge is 0.494 e. The third kappa shape index (κ3) is 3.72. The normalized spacial score (nSPS) is 23.9. The molecular weight excluding hydrogens is 224 g/mol. The van der Waals surface area contributed by atoms with Crippen LogP contribution in [0.3, 0.4) is 0 Å². The second-order valence-electron chi connectivity index (χ2n) is 5.04. The van der Waals surface area contributed by atoms with Gasteiger partial charge in [-0.15, -0.1) is 0 Å².